The van der Waals surface area contributed by atoms with E-state index in [0.717, 1.165) is 67.8 Å². The number of hydrogen-bond acceptors (Lipinski definition) is 11. The monoisotopic (exact) mass is 947 g/mol. The molecule has 0 saturated carbocycles. The first kappa shape index (κ1) is 56.0. The number of anilines is 1. The molecular formula is C50H70F3N2O10S-. The highest BCUT2D eigenvalue weighted by atomic mass is 32.2. The molecule has 2 aromatic carbocycles. The third kappa shape index (κ3) is 15.4. The summed E-state index contributed by atoms with van der Waals surface area (Å²) in [5.41, 5.74) is 6.85. The molecule has 2 aliphatic rings. The number of benzene rings is 2. The van der Waals surface area contributed by atoms with Gasteiger partial charge in [0.1, 0.15) is 16.1 Å². The zero-order valence-electron chi connectivity index (χ0n) is 40.1. The molecule has 12 nitrogen and oxygen atoms in total. The van der Waals surface area contributed by atoms with Gasteiger partial charge in [-0.15, -0.1) is 0 Å². The normalized spacial score (nSPS) is 17.6. The molecule has 0 spiro atoms. The van der Waals surface area contributed by atoms with Gasteiger partial charge in [-0.25, -0.2) is 8.42 Å². The van der Waals surface area contributed by atoms with Gasteiger partial charge >= 0.3 is 6.18 Å². The number of carboxylic acid groups (broad SMARTS) is 1. The number of carbonyl (C=O) groups is 1. The number of allylic oxidation sites excluding steroid dienone is 7. The molecule has 2 aromatic rings. The van der Waals surface area contributed by atoms with Crippen LogP contribution in [0.15, 0.2) is 89.7 Å². The van der Waals surface area contributed by atoms with Crippen molar-refractivity contribution in [1.29, 1.82) is 0 Å². The molecule has 0 radical (unpaired) electrons. The van der Waals surface area contributed by atoms with Crippen LogP contribution in [0.3, 0.4) is 0 Å². The van der Waals surface area contributed by atoms with Crippen molar-refractivity contribution in [3.8, 4) is 0 Å². The van der Waals surface area contributed by atoms with Crippen LogP contribution in [0.5, 0.6) is 0 Å². The fourth-order valence-corrected chi connectivity index (χ4v) is 8.97. The summed E-state index contributed by atoms with van der Waals surface area (Å²) < 4.78 is 100. The van der Waals surface area contributed by atoms with Gasteiger partial charge in [-0.3, -0.25) is 0 Å². The second kappa shape index (κ2) is 25.7. The number of carbonyl (C=O) groups excluding carboxylic acids is 1. The Balaban J connectivity index is 0.00000152. The third-order valence-corrected chi connectivity index (χ3v) is 12.4. The predicted octanol–water partition coefficient (Wildman–Crippen LogP) is 9.43. The highest BCUT2D eigenvalue weighted by Crippen LogP contribution is 2.51. The van der Waals surface area contributed by atoms with Crippen LogP contribution >= 0.6 is 0 Å². The summed E-state index contributed by atoms with van der Waals surface area (Å²) in [6.07, 6.45) is 10.3. The topological polar surface area (TPSA) is 150 Å². The average Bonchev–Trinajstić information content (AvgIpc) is 3.59. The van der Waals surface area contributed by atoms with Crippen molar-refractivity contribution in [2.24, 2.45) is 0 Å². The van der Waals surface area contributed by atoms with Crippen LogP contribution in [0, 0.1) is 6.92 Å². The van der Waals surface area contributed by atoms with E-state index in [1.165, 1.54) is 28.6 Å². The molecule has 0 fully saturated rings. The van der Waals surface area contributed by atoms with Crippen LogP contribution in [0.25, 0.3) is 0 Å². The van der Waals surface area contributed by atoms with Crippen molar-refractivity contribution >= 4 is 33.2 Å². The van der Waals surface area contributed by atoms with E-state index in [-0.39, 0.29) is 22.9 Å². The fourth-order valence-electron chi connectivity index (χ4n) is 8.47. The van der Waals surface area contributed by atoms with E-state index in [4.69, 9.17) is 33.6 Å². The molecule has 16 heteroatoms. The minimum Gasteiger partial charge on any atom is -0.744 e. The molecule has 1 atom stereocenters. The average molecular weight is 948 g/mol. The molecule has 2 heterocycles. The smallest absolute Gasteiger partial charge is 0.430 e. The van der Waals surface area contributed by atoms with Gasteiger partial charge < -0.3 is 43.0 Å². The van der Waals surface area contributed by atoms with E-state index in [0.29, 0.717) is 46.0 Å². The van der Waals surface area contributed by atoms with Gasteiger partial charge in [0.25, 0.3) is 0 Å². The summed E-state index contributed by atoms with van der Waals surface area (Å²) in [5, 5.41) is 8.78. The Morgan fingerprint density at radius 2 is 1.45 bits per heavy atom. The molecule has 0 N–H and O–H groups in total. The predicted molar refractivity (Wildman–Crippen MR) is 248 cm³/mol. The molecule has 0 aromatic heterocycles. The van der Waals surface area contributed by atoms with E-state index in [9.17, 15) is 26.1 Å². The van der Waals surface area contributed by atoms with Crippen LogP contribution < -0.4 is 10.0 Å². The third-order valence-electron chi connectivity index (χ3n) is 11.6. The first-order chi connectivity index (χ1) is 31.1. The number of carboxylic acids is 1. The molecular weight excluding hydrogens is 878 g/mol. The van der Waals surface area contributed by atoms with Gasteiger partial charge in [-0.1, -0.05) is 49.3 Å². The van der Waals surface area contributed by atoms with Crippen molar-refractivity contribution in [3.63, 3.8) is 0 Å². The summed E-state index contributed by atoms with van der Waals surface area (Å²) in [7, 11) is -4.67. The second-order valence-corrected chi connectivity index (χ2v) is 18.1. The summed E-state index contributed by atoms with van der Waals surface area (Å²) in [4.78, 5) is 10.8. The Bertz CT molecular complexity index is 2150. The van der Waals surface area contributed by atoms with Crippen LogP contribution in [-0.2, 0) is 49.4 Å². The number of nitrogens with zero attached hydrogens (tertiary/aromatic N) is 2. The minimum atomic E-state index is -5.19. The van der Waals surface area contributed by atoms with Gasteiger partial charge in [0.05, 0.1) is 29.1 Å². The van der Waals surface area contributed by atoms with Crippen molar-refractivity contribution in [2.45, 2.75) is 142 Å². The molecule has 0 aliphatic carbocycles. The Hall–Kier alpha value is -4.32. The van der Waals surface area contributed by atoms with Crippen LogP contribution in [-0.4, -0.2) is 94.1 Å². The van der Waals surface area contributed by atoms with E-state index in [1.807, 2.05) is 34.6 Å². The Morgan fingerprint density at radius 3 is 2.02 bits per heavy atom. The lowest BCUT2D eigenvalue weighted by Crippen LogP contribution is -2.37. The van der Waals surface area contributed by atoms with Gasteiger partial charge in [-0.05, 0) is 111 Å². The summed E-state index contributed by atoms with van der Waals surface area (Å²) >= 11 is 0. The molecule has 0 saturated heterocycles. The molecule has 4 rings (SSSR count). The van der Waals surface area contributed by atoms with E-state index < -0.39 is 27.7 Å². The van der Waals surface area contributed by atoms with E-state index in [2.05, 4.69) is 92.3 Å². The lowest BCUT2D eigenvalue weighted by molar-refractivity contribution is -0.443. The molecule has 0 bridgehead atoms. The zero-order valence-corrected chi connectivity index (χ0v) is 40.9. The highest BCUT2D eigenvalue weighted by Gasteiger charge is 2.45. The number of halogens is 3. The Kier molecular flexibility index (Phi) is 21.8. The number of unbranched alkanes of at least 4 members (excludes halogenated alkanes) is 2. The number of ether oxygens (including phenoxy) is 5. The van der Waals surface area contributed by atoms with Gasteiger partial charge in [0.15, 0.2) is 24.8 Å². The maximum Gasteiger partial charge on any atom is 0.430 e. The molecule has 368 valence electrons. The summed E-state index contributed by atoms with van der Waals surface area (Å²) in [5.74, 6) is -2.22. The quantitative estimate of drug-likeness (QED) is 0.0222. The molecule has 66 heavy (non-hydrogen) atoms. The Labute approximate surface area is 390 Å². The lowest BCUT2D eigenvalue weighted by atomic mass is 9.77. The standard InChI is InChI=1S/C48H70N2O8S.C2HF3O2/c1-11-54-37(7)22-18-17-21-31-48(10)40-35-38(59(51,52)53)26-28-42(40)50(33-30-46(57-14-4)58-15-5)44(48)24-20-16-19-23-43-47(8,9)39-34-36(6)25-27-41(39)49(43)32-29-45(55-12-2)56-13-3;3-2(4,5)1(6)7/h16,19-20,23-28,34-35,45-46H,7,11-15,17-18,21-22,29-33H2,1-6,8-10H3;(H,6,7)/p-1. The van der Waals surface area contributed by atoms with Crippen LogP contribution in [0.2, 0.25) is 0 Å². The number of hydrogen-bond donors (Lipinski definition) is 0. The van der Waals surface area contributed by atoms with Gasteiger partial charge in [0, 0.05) is 80.3 Å². The minimum absolute atomic E-state index is 0.220. The van der Waals surface area contributed by atoms with Crippen molar-refractivity contribution < 1.29 is 64.3 Å². The van der Waals surface area contributed by atoms with Crippen LogP contribution in [0.4, 0.5) is 24.5 Å². The number of aliphatic carboxylic acids is 1. The largest absolute Gasteiger partial charge is 0.744 e. The number of fused-ring (bicyclic) bond motifs is 2. The zero-order chi connectivity index (χ0) is 49.3. The van der Waals surface area contributed by atoms with Crippen LogP contribution in [0.1, 0.15) is 117 Å². The van der Waals surface area contributed by atoms with Gasteiger partial charge in [-0.2, -0.15) is 17.7 Å². The molecule has 1 unspecified atom stereocenters. The van der Waals surface area contributed by atoms with Gasteiger partial charge in [0.2, 0.25) is 5.69 Å². The summed E-state index contributed by atoms with van der Waals surface area (Å²) in [6, 6.07) is 11.5. The SMILES string of the molecule is C=C(CCCCCC1(C)C(=CC=CC=CC2=[N+](CCC(OCC)OCC)c3ccc(C)cc3C2(C)C)N(CCC(OCC)OCC)c2ccc(S(=O)(=O)[O-])cc21)OCC.O=C([O-])C(F)(F)F. The molecule has 0 amide bonds. The maximum absolute atomic E-state index is 12.4. The fraction of sp³-hybridized carbons (Fsp3) is 0.560. The van der Waals surface area contributed by atoms with E-state index >= 15 is 0 Å². The highest BCUT2D eigenvalue weighted by molar-refractivity contribution is 7.85. The first-order valence-electron chi connectivity index (χ1n) is 22.8. The lowest BCUT2D eigenvalue weighted by Gasteiger charge is -2.31. The first-order valence-corrected chi connectivity index (χ1v) is 24.3. The van der Waals surface area contributed by atoms with E-state index in [1.54, 1.807) is 12.1 Å². The second-order valence-electron chi connectivity index (χ2n) is 16.7. The molecule has 2 aliphatic heterocycles. The number of alkyl halides is 3. The number of aryl methyl sites for hydroxylation is 1. The van der Waals surface area contributed by atoms with Crippen molar-refractivity contribution in [1.82, 2.24) is 0 Å². The number of rotatable bonds is 26. The van der Waals surface area contributed by atoms with Crippen molar-refractivity contribution in [3.05, 3.63) is 102 Å². The maximum atomic E-state index is 12.4. The van der Waals surface area contributed by atoms with Crippen molar-refractivity contribution in [2.75, 3.05) is 51.0 Å². The Morgan fingerprint density at radius 1 is 0.848 bits per heavy atom. The summed E-state index contributed by atoms with van der Waals surface area (Å²) in [6.45, 7) is 26.9.